The molecule has 0 fully saturated rings. The first kappa shape index (κ1) is 14.7. The Labute approximate surface area is 123 Å². The van der Waals surface area contributed by atoms with Gasteiger partial charge in [-0.1, -0.05) is 23.7 Å². The van der Waals surface area contributed by atoms with Gasteiger partial charge in [0.05, 0.1) is 22.8 Å². The van der Waals surface area contributed by atoms with Gasteiger partial charge in [0.1, 0.15) is 5.75 Å². The number of ether oxygens (including phenoxy) is 1. The Morgan fingerprint density at radius 1 is 1.15 bits per heavy atom. The van der Waals surface area contributed by atoms with Crippen molar-refractivity contribution in [1.29, 1.82) is 0 Å². The van der Waals surface area contributed by atoms with Crippen LogP contribution in [0.5, 0.6) is 5.75 Å². The quantitative estimate of drug-likeness (QED) is 0.881. The van der Waals surface area contributed by atoms with Crippen LogP contribution in [0.1, 0.15) is 5.56 Å². The Morgan fingerprint density at radius 3 is 2.35 bits per heavy atom. The molecular weight excluding hydrogens is 298 g/mol. The van der Waals surface area contributed by atoms with Crippen molar-refractivity contribution in [3.05, 3.63) is 53.1 Å². The molecule has 0 bridgehead atoms. The van der Waals surface area contributed by atoms with Crippen LogP contribution in [0.4, 0.5) is 5.69 Å². The van der Waals surface area contributed by atoms with Gasteiger partial charge in [-0.3, -0.25) is 0 Å². The zero-order valence-corrected chi connectivity index (χ0v) is 12.4. The van der Waals surface area contributed by atoms with E-state index in [9.17, 15) is 8.42 Å². The Balaban J connectivity index is 2.30. The average Bonchev–Trinajstić information content (AvgIpc) is 2.38. The molecule has 2 N–H and O–H groups in total. The standard InChI is InChI=1S/C14H14ClNO3S/c1-19-12-5-2-10(3-6-12)9-20(17,18)14-7-4-11(16)8-13(14)15/h2-8H,9,16H2,1H3. The number of rotatable bonds is 4. The summed E-state index contributed by atoms with van der Waals surface area (Å²) in [5.41, 5.74) is 6.66. The van der Waals surface area contributed by atoms with Gasteiger partial charge >= 0.3 is 0 Å². The minimum atomic E-state index is -3.51. The van der Waals surface area contributed by atoms with Gasteiger partial charge in [0.15, 0.2) is 9.84 Å². The minimum Gasteiger partial charge on any atom is -0.497 e. The summed E-state index contributed by atoms with van der Waals surface area (Å²) in [4.78, 5) is 0.0872. The summed E-state index contributed by atoms with van der Waals surface area (Å²) in [6, 6.07) is 11.2. The van der Waals surface area contributed by atoms with Crippen LogP contribution in [-0.4, -0.2) is 15.5 Å². The monoisotopic (exact) mass is 311 g/mol. The van der Waals surface area contributed by atoms with Crippen LogP contribution in [0, 0.1) is 0 Å². The van der Waals surface area contributed by atoms with Crippen molar-refractivity contribution in [2.75, 3.05) is 12.8 Å². The van der Waals surface area contributed by atoms with E-state index in [0.717, 1.165) is 0 Å². The average molecular weight is 312 g/mol. The largest absolute Gasteiger partial charge is 0.497 e. The molecule has 0 spiro atoms. The van der Waals surface area contributed by atoms with Crippen LogP contribution in [-0.2, 0) is 15.6 Å². The summed E-state index contributed by atoms with van der Waals surface area (Å²) in [5.74, 6) is 0.553. The number of methoxy groups -OCH3 is 1. The second-order valence-electron chi connectivity index (χ2n) is 4.30. The fraction of sp³-hybridized carbons (Fsp3) is 0.143. The molecule has 0 aliphatic rings. The van der Waals surface area contributed by atoms with Crippen LogP contribution in [0.25, 0.3) is 0 Å². The lowest BCUT2D eigenvalue weighted by atomic mass is 10.2. The Morgan fingerprint density at radius 2 is 1.80 bits per heavy atom. The molecule has 0 unspecified atom stereocenters. The maximum Gasteiger partial charge on any atom is 0.183 e. The molecule has 0 amide bonds. The predicted octanol–water partition coefficient (Wildman–Crippen LogP) is 2.90. The second-order valence-corrected chi connectivity index (χ2v) is 6.66. The summed E-state index contributed by atoms with van der Waals surface area (Å²) >= 11 is 5.95. The van der Waals surface area contributed by atoms with E-state index in [4.69, 9.17) is 22.1 Å². The lowest BCUT2D eigenvalue weighted by molar-refractivity contribution is 0.414. The number of hydrogen-bond donors (Lipinski definition) is 1. The maximum absolute atomic E-state index is 12.3. The van der Waals surface area contributed by atoms with E-state index < -0.39 is 9.84 Å². The van der Waals surface area contributed by atoms with Gasteiger partial charge in [0.25, 0.3) is 0 Å². The van der Waals surface area contributed by atoms with Crippen molar-refractivity contribution >= 4 is 27.1 Å². The molecular formula is C14H14ClNO3S. The number of halogens is 1. The van der Waals surface area contributed by atoms with Crippen molar-refractivity contribution < 1.29 is 13.2 Å². The number of sulfone groups is 1. The summed E-state index contributed by atoms with van der Waals surface area (Å²) in [6.45, 7) is 0. The summed E-state index contributed by atoms with van der Waals surface area (Å²) in [5, 5.41) is 0.138. The van der Waals surface area contributed by atoms with Crippen molar-refractivity contribution in [2.45, 2.75) is 10.6 Å². The van der Waals surface area contributed by atoms with Gasteiger partial charge in [-0.05, 0) is 35.9 Å². The first-order valence-corrected chi connectivity index (χ1v) is 7.86. The van der Waals surface area contributed by atoms with Crippen molar-refractivity contribution in [3.8, 4) is 5.75 Å². The topological polar surface area (TPSA) is 69.4 Å². The zero-order valence-electron chi connectivity index (χ0n) is 10.8. The highest BCUT2D eigenvalue weighted by atomic mass is 35.5. The van der Waals surface area contributed by atoms with E-state index in [1.165, 1.54) is 18.2 Å². The number of nitrogens with two attached hydrogens (primary N) is 1. The van der Waals surface area contributed by atoms with Crippen LogP contribution in [0.15, 0.2) is 47.4 Å². The van der Waals surface area contributed by atoms with E-state index in [2.05, 4.69) is 0 Å². The molecule has 0 atom stereocenters. The van der Waals surface area contributed by atoms with Crippen molar-refractivity contribution in [2.24, 2.45) is 0 Å². The molecule has 0 aromatic heterocycles. The van der Waals surface area contributed by atoms with E-state index in [-0.39, 0.29) is 15.7 Å². The number of anilines is 1. The predicted molar refractivity (Wildman–Crippen MR) is 79.7 cm³/mol. The van der Waals surface area contributed by atoms with Crippen LogP contribution in [0.2, 0.25) is 5.02 Å². The van der Waals surface area contributed by atoms with Gasteiger partial charge in [0.2, 0.25) is 0 Å². The van der Waals surface area contributed by atoms with Gasteiger partial charge in [-0.2, -0.15) is 0 Å². The molecule has 2 rings (SSSR count). The summed E-state index contributed by atoms with van der Waals surface area (Å²) in [6.07, 6.45) is 0. The first-order valence-electron chi connectivity index (χ1n) is 5.83. The fourth-order valence-electron chi connectivity index (χ4n) is 1.79. The Bertz CT molecular complexity index is 712. The molecule has 20 heavy (non-hydrogen) atoms. The molecule has 0 saturated heterocycles. The lowest BCUT2D eigenvalue weighted by Gasteiger charge is -2.08. The van der Waals surface area contributed by atoms with Gasteiger partial charge in [0, 0.05) is 5.69 Å². The molecule has 0 heterocycles. The maximum atomic E-state index is 12.3. The van der Waals surface area contributed by atoms with Crippen LogP contribution >= 0.6 is 11.6 Å². The SMILES string of the molecule is COc1ccc(CS(=O)(=O)c2ccc(N)cc2Cl)cc1. The van der Waals surface area contributed by atoms with Gasteiger partial charge in [-0.15, -0.1) is 0 Å². The van der Waals surface area contributed by atoms with Crippen molar-refractivity contribution in [3.63, 3.8) is 0 Å². The molecule has 2 aromatic rings. The smallest absolute Gasteiger partial charge is 0.183 e. The third kappa shape index (κ3) is 3.23. The van der Waals surface area contributed by atoms with Crippen molar-refractivity contribution in [1.82, 2.24) is 0 Å². The highest BCUT2D eigenvalue weighted by Gasteiger charge is 2.18. The molecule has 0 saturated carbocycles. The lowest BCUT2D eigenvalue weighted by Crippen LogP contribution is -2.06. The highest BCUT2D eigenvalue weighted by molar-refractivity contribution is 7.90. The zero-order chi connectivity index (χ0) is 14.8. The van der Waals surface area contributed by atoms with Gasteiger partial charge in [-0.25, -0.2) is 8.42 Å². The molecule has 106 valence electrons. The fourth-order valence-corrected chi connectivity index (χ4v) is 3.75. The molecule has 6 heteroatoms. The first-order chi connectivity index (χ1) is 9.42. The Kier molecular flexibility index (Phi) is 4.20. The van der Waals surface area contributed by atoms with E-state index >= 15 is 0 Å². The molecule has 4 nitrogen and oxygen atoms in total. The third-order valence-corrected chi connectivity index (χ3v) is 4.97. The Hall–Kier alpha value is -1.72. The normalized spacial score (nSPS) is 11.3. The third-order valence-electron chi connectivity index (χ3n) is 2.81. The van der Waals surface area contributed by atoms with Crippen LogP contribution in [0.3, 0.4) is 0 Å². The van der Waals surface area contributed by atoms with E-state index in [0.29, 0.717) is 17.0 Å². The molecule has 2 aromatic carbocycles. The molecule has 0 aliphatic carbocycles. The second kappa shape index (κ2) is 5.73. The highest BCUT2D eigenvalue weighted by Crippen LogP contribution is 2.27. The molecule has 0 radical (unpaired) electrons. The number of nitrogen functional groups attached to an aromatic ring is 1. The number of hydrogen-bond acceptors (Lipinski definition) is 4. The van der Waals surface area contributed by atoms with Crippen LogP contribution < -0.4 is 10.5 Å². The summed E-state index contributed by atoms with van der Waals surface area (Å²) in [7, 11) is -1.95. The van der Waals surface area contributed by atoms with E-state index in [1.54, 1.807) is 31.4 Å². The minimum absolute atomic E-state index is 0.0872. The molecule has 0 aliphatic heterocycles. The van der Waals surface area contributed by atoms with E-state index in [1.807, 2.05) is 0 Å². The van der Waals surface area contributed by atoms with Gasteiger partial charge < -0.3 is 10.5 Å². The summed E-state index contributed by atoms with van der Waals surface area (Å²) < 4.78 is 29.7. The number of benzene rings is 2.